The minimum absolute atomic E-state index is 0.918. The van der Waals surface area contributed by atoms with Gasteiger partial charge in [0, 0.05) is 89.8 Å². The number of thiophene rings is 9. The van der Waals surface area contributed by atoms with E-state index in [-0.39, 0.29) is 0 Å². The fourth-order valence-corrected chi connectivity index (χ4v) is 23.5. The SMILES string of the molecule is CCCCc1c(-c2ccc(C#Cc3cc(C#Cc4ccc(-c5sc(-c6ccc(-c7ccccc7)s6)c(CCCC)c5CCCC)s4)cc(C#Cc4ccc(-c5sc(-c6ccc(-c7ccccc7)s6)c(CCCC)c5CCCC)s4)c3)s2)sc(-c2ccc(-c3ccccc3)s2)c1CCCC. The molecule has 498 valence electrons. The monoisotopic (exact) mass is 1450 g/mol. The summed E-state index contributed by atoms with van der Waals surface area (Å²) in [4.78, 5) is 23.8. The van der Waals surface area contributed by atoms with Crippen molar-refractivity contribution < 1.29 is 0 Å². The summed E-state index contributed by atoms with van der Waals surface area (Å²) in [6.07, 6.45) is 20.7. The van der Waals surface area contributed by atoms with Crippen molar-refractivity contribution >= 4 is 102 Å². The molecule has 0 radical (unpaired) electrons. The molecular formula is C90H84S9. The van der Waals surface area contributed by atoms with Crippen molar-refractivity contribution in [2.24, 2.45) is 0 Å². The fraction of sp³-hybridized carbons (Fsp3) is 0.267. The molecule has 0 fully saturated rings. The van der Waals surface area contributed by atoms with Gasteiger partial charge in [-0.2, -0.15) is 0 Å². The molecule has 4 aromatic carbocycles. The molecule has 0 aliphatic heterocycles. The molecule has 0 atom stereocenters. The van der Waals surface area contributed by atoms with Gasteiger partial charge in [0.2, 0.25) is 0 Å². The van der Waals surface area contributed by atoms with Gasteiger partial charge in [-0.05, 0) is 218 Å². The Morgan fingerprint density at radius 1 is 0.212 bits per heavy atom. The lowest BCUT2D eigenvalue weighted by atomic mass is 9.97. The highest BCUT2D eigenvalue weighted by molar-refractivity contribution is 7.29. The third-order valence-electron chi connectivity index (χ3n) is 18.1. The molecule has 0 saturated carbocycles. The van der Waals surface area contributed by atoms with Crippen LogP contribution in [-0.4, -0.2) is 0 Å². The first kappa shape index (κ1) is 70.3. The Hall–Kier alpha value is -7.14. The second-order valence-electron chi connectivity index (χ2n) is 25.4. The highest BCUT2D eigenvalue weighted by atomic mass is 32.1. The zero-order valence-electron chi connectivity index (χ0n) is 57.7. The van der Waals surface area contributed by atoms with E-state index in [0.29, 0.717) is 0 Å². The number of rotatable bonds is 27. The van der Waals surface area contributed by atoms with Crippen molar-refractivity contribution in [1.82, 2.24) is 0 Å². The number of hydrogen-bond donors (Lipinski definition) is 0. The molecule has 9 aromatic heterocycles. The minimum atomic E-state index is 0.918. The second kappa shape index (κ2) is 34.5. The maximum Gasteiger partial charge on any atom is 0.0779 e. The quantitative estimate of drug-likeness (QED) is 0.0450. The van der Waals surface area contributed by atoms with Crippen LogP contribution in [0.1, 0.15) is 183 Å². The van der Waals surface area contributed by atoms with Gasteiger partial charge in [-0.3, -0.25) is 0 Å². The summed E-state index contributed by atoms with van der Waals surface area (Å²) in [7, 11) is 0. The van der Waals surface area contributed by atoms with Crippen LogP contribution < -0.4 is 0 Å². The van der Waals surface area contributed by atoms with Gasteiger partial charge in [0.05, 0.1) is 14.6 Å². The van der Waals surface area contributed by atoms with Gasteiger partial charge < -0.3 is 0 Å². The lowest BCUT2D eigenvalue weighted by molar-refractivity contribution is 0.764. The van der Waals surface area contributed by atoms with Crippen molar-refractivity contribution in [1.29, 1.82) is 0 Å². The van der Waals surface area contributed by atoms with Crippen LogP contribution in [0.5, 0.6) is 0 Å². The molecule has 0 aliphatic carbocycles. The van der Waals surface area contributed by atoms with Crippen LogP contribution in [0.15, 0.2) is 182 Å². The third kappa shape index (κ3) is 16.9. The molecule has 9 heterocycles. The molecule has 0 bridgehead atoms. The molecule has 0 spiro atoms. The van der Waals surface area contributed by atoms with Crippen LogP contribution in [0.25, 0.3) is 89.8 Å². The average molecular weight is 1450 g/mol. The smallest absolute Gasteiger partial charge is 0.0779 e. The molecule has 0 nitrogen and oxygen atoms in total. The van der Waals surface area contributed by atoms with E-state index in [9.17, 15) is 0 Å². The van der Waals surface area contributed by atoms with Crippen molar-refractivity contribution in [3.8, 4) is 125 Å². The summed E-state index contributed by atoms with van der Waals surface area (Å²) in [5, 5.41) is 0. The summed E-state index contributed by atoms with van der Waals surface area (Å²) in [5.41, 5.74) is 15.9. The number of hydrogen-bond acceptors (Lipinski definition) is 9. The maximum atomic E-state index is 3.67. The van der Waals surface area contributed by atoms with Crippen molar-refractivity contribution in [3.63, 3.8) is 0 Å². The normalized spacial score (nSPS) is 11.2. The number of unbranched alkanes of at least 4 members (excludes halogenated alkanes) is 6. The van der Waals surface area contributed by atoms with Gasteiger partial charge in [0.15, 0.2) is 0 Å². The van der Waals surface area contributed by atoms with E-state index in [1.807, 2.05) is 102 Å². The van der Waals surface area contributed by atoms with E-state index < -0.39 is 0 Å². The van der Waals surface area contributed by atoms with Crippen molar-refractivity contribution in [2.45, 2.75) is 157 Å². The van der Waals surface area contributed by atoms with Gasteiger partial charge in [-0.1, -0.05) is 207 Å². The summed E-state index contributed by atoms with van der Waals surface area (Å²) in [5.74, 6) is 22.0. The Bertz CT molecular complexity index is 4500. The molecule has 13 aromatic rings. The van der Waals surface area contributed by atoms with Crippen molar-refractivity contribution in [2.75, 3.05) is 0 Å². The van der Waals surface area contributed by atoms with E-state index in [2.05, 4.69) is 259 Å². The van der Waals surface area contributed by atoms with Gasteiger partial charge >= 0.3 is 0 Å². The standard InChI is InChI=1S/C90H84S9/c1-7-13-34-70-73(37-16-10-4)88(82-55-52-76(94-82)64-28-22-19-23-29-64)97-85(70)79-49-46-67(91-79)43-40-61-58-62(41-44-68-47-50-80(92-68)86-71(35-14-8-2)74(38-17-11-5)89(98-86)83-56-53-77(95-83)65-30-24-20-25-31-65)60-63(59-61)42-45-69-48-51-81(93-69)87-72(36-15-9-3)75(39-18-12-6)90(99-87)84-57-54-78(96-84)66-32-26-21-27-33-66/h19-33,46-60H,7-18,34-39H2,1-6H3. The molecule has 0 unspecified atom stereocenters. The van der Waals surface area contributed by atoms with E-state index >= 15 is 0 Å². The first-order valence-corrected chi connectivity index (χ1v) is 43.1. The van der Waals surface area contributed by atoms with E-state index in [1.54, 1.807) is 33.4 Å². The topological polar surface area (TPSA) is 0 Å². The predicted octanol–water partition coefficient (Wildman–Crippen LogP) is 29.5. The van der Waals surface area contributed by atoms with Crippen molar-refractivity contribution in [3.05, 3.63) is 247 Å². The number of benzene rings is 4. The highest BCUT2D eigenvalue weighted by Crippen LogP contribution is 2.52. The summed E-state index contributed by atoms with van der Waals surface area (Å²) >= 11 is 17.3. The van der Waals surface area contributed by atoms with Crippen LogP contribution in [0.3, 0.4) is 0 Å². The lowest BCUT2D eigenvalue weighted by Crippen LogP contribution is -1.94. The Kier molecular flexibility index (Phi) is 24.5. The van der Waals surface area contributed by atoms with E-state index in [1.165, 1.54) is 167 Å². The van der Waals surface area contributed by atoms with E-state index in [0.717, 1.165) is 69.8 Å². The zero-order valence-corrected chi connectivity index (χ0v) is 65.1. The van der Waals surface area contributed by atoms with Gasteiger partial charge in [0.25, 0.3) is 0 Å². The Morgan fingerprint density at radius 2 is 0.424 bits per heavy atom. The molecule has 0 amide bonds. The molecule has 9 heteroatoms. The summed E-state index contributed by atoms with van der Waals surface area (Å²) in [6, 6.07) is 66.9. The van der Waals surface area contributed by atoms with Crippen LogP contribution >= 0.6 is 102 Å². The Labute approximate surface area is 625 Å². The minimum Gasteiger partial charge on any atom is -0.134 e. The lowest BCUT2D eigenvalue weighted by Gasteiger charge is -2.08. The van der Waals surface area contributed by atoms with Crippen LogP contribution in [0.4, 0.5) is 0 Å². The van der Waals surface area contributed by atoms with E-state index in [4.69, 9.17) is 0 Å². The van der Waals surface area contributed by atoms with Gasteiger partial charge in [-0.25, -0.2) is 0 Å². The Balaban J connectivity index is 0.856. The fourth-order valence-electron chi connectivity index (χ4n) is 12.9. The largest absolute Gasteiger partial charge is 0.134 e. The van der Waals surface area contributed by atoms with Gasteiger partial charge in [0.1, 0.15) is 0 Å². The summed E-state index contributed by atoms with van der Waals surface area (Å²) in [6.45, 7) is 13.9. The third-order valence-corrected chi connectivity index (χ3v) is 29.4. The maximum absolute atomic E-state index is 3.67. The molecule has 99 heavy (non-hydrogen) atoms. The first-order chi connectivity index (χ1) is 48.8. The molecule has 0 N–H and O–H groups in total. The molecule has 13 rings (SSSR count). The Morgan fingerprint density at radius 3 is 0.657 bits per heavy atom. The predicted molar refractivity (Wildman–Crippen MR) is 445 cm³/mol. The van der Waals surface area contributed by atoms with Crippen LogP contribution in [0.2, 0.25) is 0 Å². The highest BCUT2D eigenvalue weighted by Gasteiger charge is 2.26. The second-order valence-corrected chi connectivity index (χ2v) is 35.0. The molecule has 0 saturated heterocycles. The zero-order chi connectivity index (χ0) is 67.9. The first-order valence-electron chi connectivity index (χ1n) is 35.7. The van der Waals surface area contributed by atoms with Crippen LogP contribution in [-0.2, 0) is 38.5 Å². The van der Waals surface area contributed by atoms with Gasteiger partial charge in [-0.15, -0.1) is 102 Å². The molecule has 0 aliphatic rings. The molecular weight excluding hydrogens is 1370 g/mol. The van der Waals surface area contributed by atoms with Crippen LogP contribution in [0, 0.1) is 35.5 Å². The summed E-state index contributed by atoms with van der Waals surface area (Å²) < 4.78 is 0. The average Bonchev–Trinajstić information content (AvgIpc) is 1.64.